The minimum atomic E-state index is 0.215. The summed E-state index contributed by atoms with van der Waals surface area (Å²) in [4.78, 5) is 10.1. The second-order valence-corrected chi connectivity index (χ2v) is 19.9. The average Bonchev–Trinajstić information content (AvgIpc) is 3.93. The molecular formula is C66H50N4. The Morgan fingerprint density at radius 2 is 0.700 bits per heavy atom. The fraction of sp³-hybridized carbons (Fsp3) is 0.121. The molecule has 70 heavy (non-hydrogen) atoms. The molecule has 0 spiro atoms. The molecule has 0 N–H and O–H groups in total. The quantitative estimate of drug-likeness (QED) is 0.167. The first-order valence-electron chi connectivity index (χ1n) is 24.9. The Hall–Kier alpha value is -8.34. The van der Waals surface area contributed by atoms with Gasteiger partial charge in [0.15, 0.2) is 0 Å². The molecule has 0 aliphatic heterocycles. The van der Waals surface area contributed by atoms with E-state index in [9.17, 15) is 0 Å². The van der Waals surface area contributed by atoms with Crippen molar-refractivity contribution in [1.29, 1.82) is 0 Å². The van der Waals surface area contributed by atoms with Crippen LogP contribution in [0, 0.1) is 0 Å². The van der Waals surface area contributed by atoms with Crippen LogP contribution in [0.15, 0.2) is 207 Å². The van der Waals surface area contributed by atoms with Gasteiger partial charge < -0.3 is 9.13 Å². The van der Waals surface area contributed by atoms with Crippen molar-refractivity contribution in [2.45, 2.75) is 51.4 Å². The third-order valence-electron chi connectivity index (χ3n) is 16.2. The second kappa shape index (κ2) is 15.6. The minimum absolute atomic E-state index is 0.215. The Bertz CT molecular complexity index is 3750. The maximum absolute atomic E-state index is 5.05. The standard InChI is InChI=1S/C66H50N4/c1-39-40(2)52-36-56-54-34-46(58-30-26-48(38-68-58)44-19-11-6-12-20-44)28-32-60(54)70(50-23-15-8-16-24-50)66(56)62-42(4)41(3)61-63(64(52)62)51(39)35-55-53-33-45(57-29-25-47(37-67-57)43-17-9-5-10-18-43)27-31-59(53)69(65(55)61)49-21-13-7-14-22-49/h5-42H,1-4H3. The molecule has 4 aromatic heterocycles. The van der Waals surface area contributed by atoms with Crippen molar-refractivity contribution in [3.05, 3.63) is 229 Å². The van der Waals surface area contributed by atoms with E-state index in [4.69, 9.17) is 9.97 Å². The molecule has 0 saturated carbocycles. The van der Waals surface area contributed by atoms with Gasteiger partial charge in [0.05, 0.1) is 33.5 Å². The maximum atomic E-state index is 5.05. The van der Waals surface area contributed by atoms with Crippen LogP contribution in [0.4, 0.5) is 0 Å². The van der Waals surface area contributed by atoms with Crippen LogP contribution >= 0.6 is 0 Å². The molecule has 4 heteroatoms. The van der Waals surface area contributed by atoms with Crippen LogP contribution in [0.3, 0.4) is 0 Å². The van der Waals surface area contributed by atoms with E-state index in [1.165, 1.54) is 99.5 Å². The fourth-order valence-corrected chi connectivity index (χ4v) is 12.4. The molecule has 12 aromatic rings. The van der Waals surface area contributed by atoms with Gasteiger partial charge in [-0.25, -0.2) is 0 Å². The first kappa shape index (κ1) is 40.7. The zero-order valence-electron chi connectivity index (χ0n) is 39.7. The zero-order valence-corrected chi connectivity index (χ0v) is 39.7. The predicted octanol–water partition coefficient (Wildman–Crippen LogP) is 17.4. The smallest absolute Gasteiger partial charge is 0.0702 e. The van der Waals surface area contributed by atoms with E-state index in [-0.39, 0.29) is 11.8 Å². The summed E-state index contributed by atoms with van der Waals surface area (Å²) in [7, 11) is 0. The molecule has 0 amide bonds. The first-order valence-corrected chi connectivity index (χ1v) is 24.9. The number of rotatable bonds is 6. The number of pyridine rings is 2. The molecule has 334 valence electrons. The van der Waals surface area contributed by atoms with E-state index in [1.807, 2.05) is 12.4 Å². The van der Waals surface area contributed by atoms with Gasteiger partial charge in [-0.2, -0.15) is 0 Å². The summed E-state index contributed by atoms with van der Waals surface area (Å²) in [5.41, 5.74) is 25.0. The lowest BCUT2D eigenvalue weighted by molar-refractivity contribution is 0.584. The van der Waals surface area contributed by atoms with Crippen molar-refractivity contribution in [3.63, 3.8) is 0 Å². The Kier molecular flexibility index (Phi) is 9.07. The third kappa shape index (κ3) is 5.96. The molecule has 14 rings (SSSR count). The Morgan fingerprint density at radius 1 is 0.329 bits per heavy atom. The molecule has 2 aliphatic carbocycles. The molecule has 0 radical (unpaired) electrons. The molecule has 4 unspecified atom stereocenters. The molecule has 0 fully saturated rings. The van der Waals surface area contributed by atoms with Gasteiger partial charge in [0.2, 0.25) is 0 Å². The SMILES string of the molecule is CC1c2cc3c4cc(-c5ccc(-c6ccccc6)cn5)ccc4n(-c4ccccc4)c3c3c2-c2c(cc4c5cc(-c6ccc(-c7ccccc7)cn6)ccc5n(-c5ccccc5)c4c2C(C)C3C)C1C. The highest BCUT2D eigenvalue weighted by molar-refractivity contribution is 6.17. The summed E-state index contributed by atoms with van der Waals surface area (Å²) in [6.45, 7) is 9.94. The summed E-state index contributed by atoms with van der Waals surface area (Å²) in [5.74, 6) is 1.03. The molecule has 2 aliphatic rings. The summed E-state index contributed by atoms with van der Waals surface area (Å²) in [5, 5.41) is 5.16. The number of fused-ring (bicyclic) bond motifs is 8. The van der Waals surface area contributed by atoms with Crippen LogP contribution in [0.2, 0.25) is 0 Å². The Balaban J connectivity index is 1.02. The molecule has 4 nitrogen and oxygen atoms in total. The zero-order chi connectivity index (χ0) is 46.8. The van der Waals surface area contributed by atoms with E-state index < -0.39 is 0 Å². The van der Waals surface area contributed by atoms with Gasteiger partial charge in [0, 0.05) is 67.6 Å². The van der Waals surface area contributed by atoms with E-state index in [0.29, 0.717) is 11.8 Å². The molecule has 4 heterocycles. The first-order chi connectivity index (χ1) is 34.4. The van der Waals surface area contributed by atoms with Crippen LogP contribution < -0.4 is 0 Å². The number of para-hydroxylation sites is 2. The lowest BCUT2D eigenvalue weighted by Gasteiger charge is -2.42. The summed E-state index contributed by atoms with van der Waals surface area (Å²) < 4.78 is 5.13. The Morgan fingerprint density at radius 3 is 1.07 bits per heavy atom. The van der Waals surface area contributed by atoms with E-state index in [0.717, 1.165) is 33.6 Å². The van der Waals surface area contributed by atoms with Crippen LogP contribution in [0.25, 0.3) is 111 Å². The van der Waals surface area contributed by atoms with Gasteiger partial charge in [-0.05, 0) is 141 Å². The topological polar surface area (TPSA) is 35.6 Å². The highest BCUT2D eigenvalue weighted by atomic mass is 15.0. The van der Waals surface area contributed by atoms with Crippen LogP contribution in [0.1, 0.15) is 73.6 Å². The summed E-state index contributed by atoms with van der Waals surface area (Å²) in [6, 6.07) is 71.0. The summed E-state index contributed by atoms with van der Waals surface area (Å²) in [6.07, 6.45) is 4.03. The molecule has 8 aromatic carbocycles. The maximum Gasteiger partial charge on any atom is 0.0702 e. The average molecular weight is 899 g/mol. The lowest BCUT2D eigenvalue weighted by Crippen LogP contribution is -2.24. The second-order valence-electron chi connectivity index (χ2n) is 19.9. The van der Waals surface area contributed by atoms with Crippen molar-refractivity contribution < 1.29 is 0 Å². The third-order valence-corrected chi connectivity index (χ3v) is 16.2. The van der Waals surface area contributed by atoms with E-state index >= 15 is 0 Å². The normalized spacial score (nSPS) is 17.1. The van der Waals surface area contributed by atoms with E-state index in [1.54, 1.807) is 0 Å². The Labute approximate surface area is 408 Å². The highest BCUT2D eigenvalue weighted by Crippen LogP contribution is 2.61. The van der Waals surface area contributed by atoms with Gasteiger partial charge >= 0.3 is 0 Å². The fourth-order valence-electron chi connectivity index (χ4n) is 12.4. The van der Waals surface area contributed by atoms with Crippen LogP contribution in [-0.2, 0) is 0 Å². The highest BCUT2D eigenvalue weighted by Gasteiger charge is 2.42. The molecular weight excluding hydrogens is 849 g/mol. The van der Waals surface area contributed by atoms with Gasteiger partial charge in [0.25, 0.3) is 0 Å². The molecule has 0 bridgehead atoms. The van der Waals surface area contributed by atoms with Crippen molar-refractivity contribution in [2.75, 3.05) is 0 Å². The minimum Gasteiger partial charge on any atom is -0.309 e. The largest absolute Gasteiger partial charge is 0.309 e. The summed E-state index contributed by atoms with van der Waals surface area (Å²) >= 11 is 0. The van der Waals surface area contributed by atoms with Gasteiger partial charge in [-0.15, -0.1) is 0 Å². The number of hydrogen-bond donors (Lipinski definition) is 0. The van der Waals surface area contributed by atoms with Gasteiger partial charge in [-0.1, -0.05) is 149 Å². The number of hydrogen-bond acceptors (Lipinski definition) is 2. The monoisotopic (exact) mass is 898 g/mol. The lowest BCUT2D eigenvalue weighted by atomic mass is 9.62. The van der Waals surface area contributed by atoms with E-state index in [2.05, 4.69) is 231 Å². The number of nitrogens with zero attached hydrogens (tertiary/aromatic N) is 4. The number of aromatic nitrogens is 4. The van der Waals surface area contributed by atoms with Gasteiger partial charge in [0.1, 0.15) is 0 Å². The predicted molar refractivity (Wildman–Crippen MR) is 292 cm³/mol. The van der Waals surface area contributed by atoms with Crippen LogP contribution in [0.5, 0.6) is 0 Å². The van der Waals surface area contributed by atoms with Crippen LogP contribution in [-0.4, -0.2) is 19.1 Å². The van der Waals surface area contributed by atoms with Crippen molar-refractivity contribution in [1.82, 2.24) is 19.1 Å². The number of benzene rings is 8. The van der Waals surface area contributed by atoms with Crippen molar-refractivity contribution >= 4 is 43.6 Å². The molecule has 4 atom stereocenters. The molecule has 0 saturated heterocycles. The van der Waals surface area contributed by atoms with Crippen molar-refractivity contribution in [3.8, 4) is 67.3 Å². The van der Waals surface area contributed by atoms with Gasteiger partial charge in [-0.3, -0.25) is 9.97 Å². The van der Waals surface area contributed by atoms with Crippen molar-refractivity contribution in [2.24, 2.45) is 0 Å².